The summed E-state index contributed by atoms with van der Waals surface area (Å²) in [7, 11) is 1.58. The highest BCUT2D eigenvalue weighted by Gasteiger charge is 2.31. The van der Waals surface area contributed by atoms with Crippen molar-refractivity contribution in [3.8, 4) is 11.5 Å². The van der Waals surface area contributed by atoms with E-state index in [4.69, 9.17) is 18.6 Å². The first-order valence-corrected chi connectivity index (χ1v) is 10.6. The number of nitrogens with zero attached hydrogens (tertiary/aromatic N) is 1. The van der Waals surface area contributed by atoms with E-state index in [0.29, 0.717) is 42.3 Å². The first kappa shape index (κ1) is 22.1. The Balaban J connectivity index is 1.29. The molecule has 2 amide bonds. The van der Waals surface area contributed by atoms with Crippen LogP contribution in [0.25, 0.3) is 12.2 Å². The number of nitrogens with one attached hydrogen (secondary N) is 1. The first-order chi connectivity index (χ1) is 16.1. The summed E-state index contributed by atoms with van der Waals surface area (Å²) in [5, 5.41) is 2.13. The van der Waals surface area contributed by atoms with Gasteiger partial charge in [0.15, 0.2) is 17.6 Å². The summed E-state index contributed by atoms with van der Waals surface area (Å²) < 4.78 is 21.7. The lowest BCUT2D eigenvalue weighted by atomic mass is 10.1. The minimum absolute atomic E-state index is 0.237. The van der Waals surface area contributed by atoms with Crippen molar-refractivity contribution in [2.45, 2.75) is 32.0 Å². The van der Waals surface area contributed by atoms with Crippen molar-refractivity contribution in [3.63, 3.8) is 0 Å². The Kier molecular flexibility index (Phi) is 7.04. The summed E-state index contributed by atoms with van der Waals surface area (Å²) in [4.78, 5) is 27.0. The average Bonchev–Trinajstić information content (AvgIpc) is 3.42. The number of benzene rings is 2. The zero-order chi connectivity index (χ0) is 23.0. The van der Waals surface area contributed by atoms with Crippen molar-refractivity contribution in [1.82, 2.24) is 10.3 Å². The van der Waals surface area contributed by atoms with Gasteiger partial charge >= 0.3 is 6.09 Å². The minimum Gasteiger partial charge on any atom is -0.493 e. The molecular formula is C25H24N2O6. The second-order valence-electron chi connectivity index (χ2n) is 7.47. The SMILES string of the molecule is COc1cc(CCCC2OC(=O)NC2=O)ccc1OCc1coc(C=Cc2ccccc2)n1. The molecule has 0 bridgehead atoms. The van der Waals surface area contributed by atoms with Crippen molar-refractivity contribution in [1.29, 1.82) is 0 Å². The van der Waals surface area contributed by atoms with Crippen molar-refractivity contribution in [2.24, 2.45) is 0 Å². The molecule has 1 saturated heterocycles. The molecule has 0 radical (unpaired) electrons. The van der Waals surface area contributed by atoms with Crippen LogP contribution in [0.15, 0.2) is 59.2 Å². The molecule has 1 unspecified atom stereocenters. The Morgan fingerprint density at radius 1 is 1.09 bits per heavy atom. The van der Waals surface area contributed by atoms with E-state index in [1.165, 1.54) is 0 Å². The number of alkyl carbamates (subject to hydrolysis) is 1. The van der Waals surface area contributed by atoms with E-state index < -0.39 is 12.2 Å². The molecule has 1 aliphatic heterocycles. The van der Waals surface area contributed by atoms with Crippen LogP contribution in [0.1, 0.15) is 35.6 Å². The van der Waals surface area contributed by atoms with Crippen molar-refractivity contribution < 1.29 is 28.2 Å². The lowest BCUT2D eigenvalue weighted by Gasteiger charge is -2.12. The van der Waals surface area contributed by atoms with E-state index in [1.54, 1.807) is 13.4 Å². The van der Waals surface area contributed by atoms with E-state index in [9.17, 15) is 9.59 Å². The van der Waals surface area contributed by atoms with Crippen LogP contribution in [0.4, 0.5) is 4.79 Å². The van der Waals surface area contributed by atoms with Crippen LogP contribution in [-0.2, 0) is 22.6 Å². The van der Waals surface area contributed by atoms with Gasteiger partial charge in [-0.2, -0.15) is 0 Å². The largest absolute Gasteiger partial charge is 0.493 e. The number of carbonyl (C=O) groups excluding carboxylic acids is 2. The lowest BCUT2D eigenvalue weighted by molar-refractivity contribution is -0.123. The van der Waals surface area contributed by atoms with E-state index in [1.807, 2.05) is 60.7 Å². The van der Waals surface area contributed by atoms with Gasteiger partial charge in [0.2, 0.25) is 5.89 Å². The van der Waals surface area contributed by atoms with Gasteiger partial charge in [0, 0.05) is 6.08 Å². The molecule has 0 saturated carbocycles. The number of ether oxygens (including phenoxy) is 3. The predicted octanol–water partition coefficient (Wildman–Crippen LogP) is 4.39. The van der Waals surface area contributed by atoms with Crippen LogP contribution >= 0.6 is 0 Å². The number of hydrogen-bond acceptors (Lipinski definition) is 7. The van der Waals surface area contributed by atoms with Crippen LogP contribution in [-0.4, -0.2) is 30.2 Å². The fraction of sp³-hybridized carbons (Fsp3) is 0.240. The zero-order valence-electron chi connectivity index (χ0n) is 18.2. The number of methoxy groups -OCH3 is 1. The summed E-state index contributed by atoms with van der Waals surface area (Å²) >= 11 is 0. The molecule has 1 aromatic heterocycles. The highest BCUT2D eigenvalue weighted by molar-refractivity contribution is 5.99. The van der Waals surface area contributed by atoms with Crippen LogP contribution in [0.2, 0.25) is 0 Å². The average molecular weight is 448 g/mol. The van der Waals surface area contributed by atoms with E-state index in [-0.39, 0.29) is 12.5 Å². The molecule has 1 aliphatic rings. The highest BCUT2D eigenvalue weighted by atomic mass is 16.6. The number of aromatic nitrogens is 1. The van der Waals surface area contributed by atoms with Gasteiger partial charge in [-0.3, -0.25) is 10.1 Å². The fourth-order valence-corrected chi connectivity index (χ4v) is 3.41. The molecule has 1 N–H and O–H groups in total. The molecule has 8 nitrogen and oxygen atoms in total. The number of hydrogen-bond donors (Lipinski definition) is 1. The third-order valence-electron chi connectivity index (χ3n) is 5.09. The Bertz CT molecular complexity index is 1140. The molecule has 0 aliphatic carbocycles. The Morgan fingerprint density at radius 3 is 2.70 bits per heavy atom. The summed E-state index contributed by atoms with van der Waals surface area (Å²) in [6, 6.07) is 15.6. The standard InChI is InChI=1S/C25H24N2O6/c1-30-22-14-18(8-5-9-21-24(28)27-25(29)33-21)10-12-20(22)31-15-19-16-32-23(26-19)13-11-17-6-3-2-4-7-17/h2-4,6-7,10-14,16,21H,5,8-9,15H2,1H3,(H,27,28,29). The highest BCUT2D eigenvalue weighted by Crippen LogP contribution is 2.29. The topological polar surface area (TPSA) is 99.9 Å². The second kappa shape index (κ2) is 10.5. The number of aryl methyl sites for hydroxylation is 1. The summed E-state index contributed by atoms with van der Waals surface area (Å²) in [6.07, 6.45) is 5.77. The van der Waals surface area contributed by atoms with Crippen molar-refractivity contribution in [3.05, 3.63) is 77.5 Å². The molecule has 33 heavy (non-hydrogen) atoms. The van der Waals surface area contributed by atoms with Gasteiger partial charge < -0.3 is 18.6 Å². The minimum atomic E-state index is -0.711. The Morgan fingerprint density at radius 2 is 1.94 bits per heavy atom. The van der Waals surface area contributed by atoms with Gasteiger partial charge in [-0.15, -0.1) is 0 Å². The first-order valence-electron chi connectivity index (χ1n) is 10.6. The maximum absolute atomic E-state index is 11.6. The van der Waals surface area contributed by atoms with Crippen LogP contribution < -0.4 is 14.8 Å². The second-order valence-corrected chi connectivity index (χ2v) is 7.47. The summed E-state index contributed by atoms with van der Waals surface area (Å²) in [5.41, 5.74) is 2.75. The Labute approximate surface area is 191 Å². The van der Waals surface area contributed by atoms with Crippen molar-refractivity contribution in [2.75, 3.05) is 7.11 Å². The molecule has 2 heterocycles. The fourth-order valence-electron chi connectivity index (χ4n) is 3.41. The van der Waals surface area contributed by atoms with E-state index in [2.05, 4.69) is 10.3 Å². The van der Waals surface area contributed by atoms with Gasteiger partial charge in [0.25, 0.3) is 5.91 Å². The molecule has 170 valence electrons. The number of rotatable bonds is 10. The molecule has 3 aromatic rings. The lowest BCUT2D eigenvalue weighted by Crippen LogP contribution is -2.24. The quantitative estimate of drug-likeness (QED) is 0.491. The third-order valence-corrected chi connectivity index (χ3v) is 5.09. The van der Waals surface area contributed by atoms with Gasteiger partial charge in [-0.1, -0.05) is 36.4 Å². The molecule has 8 heteroatoms. The number of imide groups is 1. The number of cyclic esters (lactones) is 1. The summed E-state index contributed by atoms with van der Waals surface area (Å²) in [5.74, 6) is 1.31. The molecule has 4 rings (SSSR count). The molecule has 1 atom stereocenters. The maximum atomic E-state index is 11.6. The number of oxazole rings is 1. The van der Waals surface area contributed by atoms with Gasteiger partial charge in [0.05, 0.1) is 7.11 Å². The van der Waals surface area contributed by atoms with Crippen LogP contribution in [0.5, 0.6) is 11.5 Å². The Hall–Kier alpha value is -4.07. The van der Waals surface area contributed by atoms with Crippen LogP contribution in [0.3, 0.4) is 0 Å². The van der Waals surface area contributed by atoms with Gasteiger partial charge in [-0.25, -0.2) is 9.78 Å². The maximum Gasteiger partial charge on any atom is 0.414 e. The molecular weight excluding hydrogens is 424 g/mol. The van der Waals surface area contributed by atoms with Gasteiger partial charge in [-0.05, 0) is 48.6 Å². The van der Waals surface area contributed by atoms with Crippen molar-refractivity contribution >= 4 is 24.2 Å². The van der Waals surface area contributed by atoms with E-state index in [0.717, 1.165) is 11.1 Å². The number of amides is 2. The van der Waals surface area contributed by atoms with Crippen LogP contribution in [0, 0.1) is 0 Å². The monoisotopic (exact) mass is 448 g/mol. The van der Waals surface area contributed by atoms with Gasteiger partial charge in [0.1, 0.15) is 18.6 Å². The smallest absolute Gasteiger partial charge is 0.414 e. The van der Waals surface area contributed by atoms with E-state index >= 15 is 0 Å². The normalized spacial score (nSPS) is 15.5. The molecule has 1 fully saturated rings. The number of carbonyl (C=O) groups is 2. The predicted molar refractivity (Wildman–Crippen MR) is 121 cm³/mol. The molecule has 0 spiro atoms. The third kappa shape index (κ3) is 6.00. The molecule has 2 aromatic carbocycles. The zero-order valence-corrected chi connectivity index (χ0v) is 18.2. The summed E-state index contributed by atoms with van der Waals surface area (Å²) in [6.45, 7) is 0.237.